The summed E-state index contributed by atoms with van der Waals surface area (Å²) in [7, 11) is 0. The SMILES string of the molecule is NCc1cc(F)ccc1-c1ccnc2c1ccc(=O)n2N. The van der Waals surface area contributed by atoms with Crippen molar-refractivity contribution in [3.05, 3.63) is 64.3 Å². The smallest absolute Gasteiger partial charge is 0.270 e. The number of nitrogens with zero attached hydrogens (tertiary/aromatic N) is 2. The van der Waals surface area contributed by atoms with Gasteiger partial charge in [-0.05, 0) is 41.0 Å². The maximum absolute atomic E-state index is 13.3. The summed E-state index contributed by atoms with van der Waals surface area (Å²) >= 11 is 0. The number of hydrogen-bond acceptors (Lipinski definition) is 4. The highest BCUT2D eigenvalue weighted by Crippen LogP contribution is 2.29. The molecule has 21 heavy (non-hydrogen) atoms. The van der Waals surface area contributed by atoms with Gasteiger partial charge in [0, 0.05) is 24.2 Å². The van der Waals surface area contributed by atoms with Gasteiger partial charge in [0.15, 0.2) is 5.65 Å². The fourth-order valence-corrected chi connectivity index (χ4v) is 2.39. The van der Waals surface area contributed by atoms with Gasteiger partial charge in [0.05, 0.1) is 0 Å². The first-order valence-corrected chi connectivity index (χ1v) is 6.36. The minimum atomic E-state index is -0.342. The van der Waals surface area contributed by atoms with Crippen molar-refractivity contribution in [1.82, 2.24) is 9.66 Å². The summed E-state index contributed by atoms with van der Waals surface area (Å²) < 4.78 is 14.3. The lowest BCUT2D eigenvalue weighted by Gasteiger charge is -2.12. The highest BCUT2D eigenvalue weighted by Gasteiger charge is 2.11. The highest BCUT2D eigenvalue weighted by atomic mass is 19.1. The van der Waals surface area contributed by atoms with E-state index in [2.05, 4.69) is 4.98 Å². The van der Waals surface area contributed by atoms with E-state index in [-0.39, 0.29) is 17.9 Å². The van der Waals surface area contributed by atoms with Crippen LogP contribution < -0.4 is 17.1 Å². The van der Waals surface area contributed by atoms with Crippen LogP contribution in [0.15, 0.2) is 47.4 Å². The van der Waals surface area contributed by atoms with E-state index in [4.69, 9.17) is 11.6 Å². The molecule has 0 aliphatic carbocycles. The van der Waals surface area contributed by atoms with Crippen molar-refractivity contribution < 1.29 is 4.39 Å². The number of pyridine rings is 2. The van der Waals surface area contributed by atoms with Crippen LogP contribution in [0.2, 0.25) is 0 Å². The number of nitrogen functional groups attached to an aromatic ring is 1. The van der Waals surface area contributed by atoms with Crippen LogP contribution in [0.4, 0.5) is 4.39 Å². The Balaban J connectivity index is 2.36. The zero-order chi connectivity index (χ0) is 15.0. The Bertz CT molecular complexity index is 888. The van der Waals surface area contributed by atoms with Gasteiger partial charge in [0.1, 0.15) is 5.82 Å². The van der Waals surface area contributed by atoms with E-state index in [1.165, 1.54) is 18.2 Å². The summed E-state index contributed by atoms with van der Waals surface area (Å²) in [5.41, 5.74) is 8.00. The van der Waals surface area contributed by atoms with Crippen molar-refractivity contribution in [2.75, 3.05) is 5.84 Å². The lowest BCUT2D eigenvalue weighted by molar-refractivity contribution is 0.625. The zero-order valence-electron chi connectivity index (χ0n) is 11.1. The van der Waals surface area contributed by atoms with E-state index in [0.29, 0.717) is 16.6 Å². The normalized spacial score (nSPS) is 11.0. The first-order chi connectivity index (χ1) is 10.1. The number of aromatic nitrogens is 2. The Hall–Kier alpha value is -2.73. The molecule has 0 radical (unpaired) electrons. The van der Waals surface area contributed by atoms with Crippen LogP contribution in [-0.2, 0) is 6.54 Å². The van der Waals surface area contributed by atoms with Gasteiger partial charge in [-0.3, -0.25) is 4.79 Å². The molecule has 0 saturated carbocycles. The molecule has 0 amide bonds. The molecule has 106 valence electrons. The molecule has 0 atom stereocenters. The first-order valence-electron chi connectivity index (χ1n) is 6.36. The van der Waals surface area contributed by atoms with E-state index >= 15 is 0 Å². The van der Waals surface area contributed by atoms with Crippen molar-refractivity contribution in [2.45, 2.75) is 6.54 Å². The second-order valence-corrected chi connectivity index (χ2v) is 4.64. The largest absolute Gasteiger partial charge is 0.334 e. The van der Waals surface area contributed by atoms with Crippen LogP contribution >= 0.6 is 0 Å². The first kappa shape index (κ1) is 13.3. The average molecular weight is 284 g/mol. The summed E-state index contributed by atoms with van der Waals surface area (Å²) in [5.74, 6) is 5.38. The van der Waals surface area contributed by atoms with E-state index in [0.717, 1.165) is 15.8 Å². The monoisotopic (exact) mass is 284 g/mol. The molecule has 5 nitrogen and oxygen atoms in total. The van der Waals surface area contributed by atoms with Crippen LogP contribution in [0.3, 0.4) is 0 Å². The van der Waals surface area contributed by atoms with Gasteiger partial charge in [-0.25, -0.2) is 14.1 Å². The molecule has 3 aromatic rings. The minimum Gasteiger partial charge on any atom is -0.334 e. The van der Waals surface area contributed by atoms with Crippen LogP contribution in [-0.4, -0.2) is 9.66 Å². The summed E-state index contributed by atoms with van der Waals surface area (Å²) in [5, 5.41) is 0.709. The van der Waals surface area contributed by atoms with Crippen LogP contribution in [0, 0.1) is 5.82 Å². The van der Waals surface area contributed by atoms with Gasteiger partial charge in [0.2, 0.25) is 0 Å². The van der Waals surface area contributed by atoms with Gasteiger partial charge in [-0.1, -0.05) is 6.07 Å². The number of nitrogens with two attached hydrogens (primary N) is 2. The Kier molecular flexibility index (Phi) is 3.15. The number of benzene rings is 1. The van der Waals surface area contributed by atoms with Gasteiger partial charge in [-0.15, -0.1) is 0 Å². The van der Waals surface area contributed by atoms with Crippen molar-refractivity contribution >= 4 is 11.0 Å². The zero-order valence-corrected chi connectivity index (χ0v) is 11.1. The number of hydrogen-bond donors (Lipinski definition) is 2. The molecule has 0 aliphatic rings. The molecule has 3 rings (SSSR count). The maximum Gasteiger partial charge on any atom is 0.270 e. The van der Waals surface area contributed by atoms with Crippen molar-refractivity contribution in [3.8, 4) is 11.1 Å². The Morgan fingerprint density at radius 1 is 1.14 bits per heavy atom. The minimum absolute atomic E-state index is 0.208. The fourth-order valence-electron chi connectivity index (χ4n) is 2.39. The molecular formula is C15H13FN4O. The van der Waals surface area contributed by atoms with E-state index in [9.17, 15) is 9.18 Å². The van der Waals surface area contributed by atoms with E-state index in [1.807, 2.05) is 0 Å². The molecule has 0 unspecified atom stereocenters. The van der Waals surface area contributed by atoms with Crippen LogP contribution in [0.5, 0.6) is 0 Å². The molecular weight excluding hydrogens is 271 g/mol. The van der Waals surface area contributed by atoms with Crippen molar-refractivity contribution in [1.29, 1.82) is 0 Å². The van der Waals surface area contributed by atoms with Crippen molar-refractivity contribution in [2.24, 2.45) is 5.73 Å². The third kappa shape index (κ3) is 2.15. The van der Waals surface area contributed by atoms with Gasteiger partial charge >= 0.3 is 0 Å². The fraction of sp³-hybridized carbons (Fsp3) is 0.0667. The second-order valence-electron chi connectivity index (χ2n) is 4.64. The van der Waals surface area contributed by atoms with E-state index < -0.39 is 0 Å². The van der Waals surface area contributed by atoms with Gasteiger partial charge in [0.25, 0.3) is 5.56 Å². The predicted octanol–water partition coefficient (Wildman–Crippen LogP) is 1.38. The van der Waals surface area contributed by atoms with Gasteiger partial charge in [-0.2, -0.15) is 0 Å². The summed E-state index contributed by atoms with van der Waals surface area (Å²) in [6, 6.07) is 9.27. The lowest BCUT2D eigenvalue weighted by atomic mass is 9.97. The highest BCUT2D eigenvalue weighted by molar-refractivity contribution is 5.93. The van der Waals surface area contributed by atoms with Crippen LogP contribution in [0.25, 0.3) is 22.2 Å². The number of halogens is 1. The number of rotatable bonds is 2. The summed E-state index contributed by atoms with van der Waals surface area (Å²) in [4.78, 5) is 15.7. The van der Waals surface area contributed by atoms with Crippen molar-refractivity contribution in [3.63, 3.8) is 0 Å². The third-order valence-corrected chi connectivity index (χ3v) is 3.40. The number of fused-ring (bicyclic) bond motifs is 1. The molecule has 0 saturated heterocycles. The molecule has 1 aromatic carbocycles. The molecule has 2 aromatic heterocycles. The maximum atomic E-state index is 13.3. The molecule has 0 spiro atoms. The average Bonchev–Trinajstić information content (AvgIpc) is 2.50. The molecule has 2 heterocycles. The summed E-state index contributed by atoms with van der Waals surface area (Å²) in [6.07, 6.45) is 1.56. The second kappa shape index (κ2) is 4.99. The summed E-state index contributed by atoms with van der Waals surface area (Å²) in [6.45, 7) is 0.208. The Morgan fingerprint density at radius 3 is 2.71 bits per heavy atom. The molecule has 0 bridgehead atoms. The third-order valence-electron chi connectivity index (χ3n) is 3.40. The lowest BCUT2D eigenvalue weighted by Crippen LogP contribution is -2.27. The quantitative estimate of drug-likeness (QED) is 0.696. The predicted molar refractivity (Wildman–Crippen MR) is 79.4 cm³/mol. The molecule has 6 heteroatoms. The molecule has 0 fully saturated rings. The van der Waals surface area contributed by atoms with Gasteiger partial charge < -0.3 is 11.6 Å². The van der Waals surface area contributed by atoms with Crippen LogP contribution in [0.1, 0.15) is 5.56 Å². The molecule has 0 aliphatic heterocycles. The Morgan fingerprint density at radius 2 is 1.95 bits per heavy atom. The Labute approximate surface area is 119 Å². The molecule has 4 N–H and O–H groups in total. The van der Waals surface area contributed by atoms with E-state index in [1.54, 1.807) is 24.4 Å². The standard InChI is InChI=1S/C15H13FN4O/c16-10-1-2-11(9(7-10)8-17)12-5-6-19-15-13(12)3-4-14(21)20(15)18/h1-7H,8,17-18H2. The topological polar surface area (TPSA) is 86.9 Å².